The van der Waals surface area contributed by atoms with E-state index in [4.69, 9.17) is 14.8 Å². The van der Waals surface area contributed by atoms with E-state index < -0.39 is 12.2 Å². The Morgan fingerprint density at radius 2 is 1.09 bits per heavy atom. The van der Waals surface area contributed by atoms with E-state index in [0.29, 0.717) is 70.9 Å². The fraction of sp³-hybridized carbons (Fsp3) is 0.388. The summed E-state index contributed by atoms with van der Waals surface area (Å²) in [5.74, 6) is 18.8. The fourth-order valence-electron chi connectivity index (χ4n) is 9.40. The SMILES string of the molecule is CC[C@H](c1cc(-c2ccc(C#CC3[C@H]4CN(C=O)C[C@@H]34)cc2)on1)n1ccnc1[C@H](C)O.C[C@H](O)c1nccn1[C@H](CN)c1cc(-c2ccc(C#CC3[C@H]4CN(C=O)C[C@@H]34)cc2)on1. The summed E-state index contributed by atoms with van der Waals surface area (Å²) in [6.45, 7) is 9.10. The highest BCUT2D eigenvalue weighted by Crippen LogP contribution is 2.51. The van der Waals surface area contributed by atoms with E-state index in [-0.39, 0.29) is 12.1 Å². The maximum absolute atomic E-state index is 10.8. The van der Waals surface area contributed by atoms with Crippen LogP contribution in [0.25, 0.3) is 22.6 Å². The summed E-state index contributed by atoms with van der Waals surface area (Å²) in [6.07, 6.45) is 8.28. The summed E-state index contributed by atoms with van der Waals surface area (Å²) < 4.78 is 15.0. The predicted molar refractivity (Wildman–Crippen MR) is 235 cm³/mol. The van der Waals surface area contributed by atoms with Crippen LogP contribution in [-0.4, -0.2) is 95.0 Å². The van der Waals surface area contributed by atoms with Crippen molar-refractivity contribution in [2.75, 3.05) is 32.7 Å². The second kappa shape index (κ2) is 18.1. The molecule has 2 saturated heterocycles. The highest BCUT2D eigenvalue weighted by atomic mass is 16.5. The molecule has 2 unspecified atom stereocenters. The van der Waals surface area contributed by atoms with E-state index in [0.717, 1.165) is 73.4 Å². The van der Waals surface area contributed by atoms with Gasteiger partial charge < -0.3 is 43.9 Å². The van der Waals surface area contributed by atoms with Crippen LogP contribution in [0, 0.1) is 59.2 Å². The maximum Gasteiger partial charge on any atom is 0.209 e. The summed E-state index contributed by atoms with van der Waals surface area (Å²) in [6, 6.07) is 19.3. The first-order chi connectivity index (χ1) is 31.2. The first-order valence-corrected chi connectivity index (χ1v) is 21.8. The molecule has 15 nitrogen and oxygen atoms in total. The molecule has 64 heavy (non-hydrogen) atoms. The zero-order valence-corrected chi connectivity index (χ0v) is 35.9. The van der Waals surface area contributed by atoms with Crippen molar-refractivity contribution in [2.45, 2.75) is 51.5 Å². The normalized spacial score (nSPS) is 23.2. The van der Waals surface area contributed by atoms with Crippen molar-refractivity contribution in [1.82, 2.24) is 39.2 Å². The predicted octanol–water partition coefficient (Wildman–Crippen LogP) is 5.10. The molecule has 0 radical (unpaired) electrons. The summed E-state index contributed by atoms with van der Waals surface area (Å²) in [4.78, 5) is 33.8. The van der Waals surface area contributed by atoms with Gasteiger partial charge in [-0.25, -0.2) is 9.97 Å². The van der Waals surface area contributed by atoms with Crippen molar-refractivity contribution in [3.63, 3.8) is 0 Å². The van der Waals surface area contributed by atoms with E-state index >= 15 is 0 Å². The molecule has 2 aliphatic carbocycles. The van der Waals surface area contributed by atoms with Crippen molar-refractivity contribution >= 4 is 12.8 Å². The van der Waals surface area contributed by atoms with E-state index in [1.54, 1.807) is 32.4 Å². The van der Waals surface area contributed by atoms with E-state index in [1.165, 1.54) is 0 Å². The van der Waals surface area contributed by atoms with Gasteiger partial charge in [0.05, 0.1) is 12.1 Å². The van der Waals surface area contributed by atoms with Gasteiger partial charge in [0.15, 0.2) is 11.5 Å². The van der Waals surface area contributed by atoms with Gasteiger partial charge in [0.25, 0.3) is 0 Å². The number of fused-ring (bicyclic) bond motifs is 2. The van der Waals surface area contributed by atoms with Gasteiger partial charge in [-0.2, -0.15) is 0 Å². The molecule has 2 amide bonds. The minimum Gasteiger partial charge on any atom is -0.385 e. The molecule has 10 rings (SSSR count). The number of aliphatic hydroxyl groups is 2. The number of benzene rings is 2. The van der Waals surface area contributed by atoms with Crippen LogP contribution in [-0.2, 0) is 9.59 Å². The van der Waals surface area contributed by atoms with Crippen LogP contribution in [0.15, 0.2) is 94.5 Å². The van der Waals surface area contributed by atoms with Crippen molar-refractivity contribution in [1.29, 1.82) is 0 Å². The van der Waals surface area contributed by atoms with Gasteiger partial charge in [0, 0.05) is 104 Å². The monoisotopic (exact) mass is 861 g/mol. The number of aromatic nitrogens is 6. The topological polar surface area (TPSA) is 195 Å². The number of carbonyl (C=O) groups is 2. The number of nitrogens with zero attached hydrogens (tertiary/aromatic N) is 8. The molecule has 6 aromatic rings. The van der Waals surface area contributed by atoms with Gasteiger partial charge in [0.2, 0.25) is 12.8 Å². The molecular formula is C49H51N9O6. The van der Waals surface area contributed by atoms with E-state index in [1.807, 2.05) is 85.8 Å². The van der Waals surface area contributed by atoms with Crippen molar-refractivity contribution < 1.29 is 28.8 Å². The van der Waals surface area contributed by atoms with Gasteiger partial charge in [-0.3, -0.25) is 9.59 Å². The second-order valence-electron chi connectivity index (χ2n) is 17.2. The standard InChI is InChI=1S/C25H26N4O3.C24H25N5O3/c1-3-23(29-11-10-26-25(29)16(2)31)22-12-24(32-27-22)18-7-4-17(5-8-18)6-9-19-20-13-28(15-30)14-21(19)20;1-15(31)24-26-8-9-29(24)22(11-25)21-10-23(32-27-21)17-5-2-16(3-6-17)4-7-18-19-12-28(14-30)13-20(18)19/h4-5,7-8,10-12,15-16,19-21,23,31H,3,13-14H2,1-2H3;2-3,5-6,8-10,14-15,18-20,22,31H,11-13,25H2,1H3/t16-,19?,20-,21+,23+;15-,18?,19-,20+,22+/m00/s1. The number of hydrogen-bond acceptors (Lipinski definition) is 11. The number of rotatable bonds is 12. The molecular weight excluding hydrogens is 811 g/mol. The molecule has 4 aromatic heterocycles. The summed E-state index contributed by atoms with van der Waals surface area (Å²) >= 11 is 0. The Labute approximate surface area is 371 Å². The van der Waals surface area contributed by atoms with E-state index in [9.17, 15) is 19.8 Å². The molecule has 2 aromatic carbocycles. The third-order valence-electron chi connectivity index (χ3n) is 13.0. The smallest absolute Gasteiger partial charge is 0.209 e. The number of nitrogens with two attached hydrogens (primary N) is 1. The third-order valence-corrected chi connectivity index (χ3v) is 13.0. The lowest BCUT2D eigenvalue weighted by Gasteiger charge is -2.17. The van der Waals surface area contributed by atoms with Crippen LogP contribution >= 0.6 is 0 Å². The maximum atomic E-state index is 10.8. The molecule has 0 bridgehead atoms. The van der Waals surface area contributed by atoms with Crippen LogP contribution in [0.2, 0.25) is 0 Å². The Balaban J connectivity index is 0.000000162. The quantitative estimate of drug-likeness (QED) is 0.109. The average molecular weight is 862 g/mol. The number of imidazole rings is 2. The van der Waals surface area contributed by atoms with Gasteiger partial charge in [0.1, 0.15) is 35.2 Å². The number of piperidine rings is 2. The lowest BCUT2D eigenvalue weighted by molar-refractivity contribution is -0.118. The second-order valence-corrected chi connectivity index (χ2v) is 17.2. The van der Waals surface area contributed by atoms with Crippen molar-refractivity contribution in [2.24, 2.45) is 41.2 Å². The Morgan fingerprint density at radius 1 is 0.688 bits per heavy atom. The molecule has 4 aliphatic rings. The van der Waals surface area contributed by atoms with Gasteiger partial charge in [-0.05, 0) is 92.5 Å². The van der Waals surface area contributed by atoms with Crippen LogP contribution in [0.4, 0.5) is 0 Å². The van der Waals surface area contributed by atoms with Crippen LogP contribution in [0.5, 0.6) is 0 Å². The van der Waals surface area contributed by atoms with Gasteiger partial charge in [-0.15, -0.1) is 0 Å². The Morgan fingerprint density at radius 3 is 1.47 bits per heavy atom. The molecule has 15 heteroatoms. The zero-order valence-electron chi connectivity index (χ0n) is 35.9. The summed E-state index contributed by atoms with van der Waals surface area (Å²) in [5.41, 5.74) is 11.2. The van der Waals surface area contributed by atoms with Crippen LogP contribution in [0.1, 0.15) is 85.6 Å². The first kappa shape index (κ1) is 42.5. The lowest BCUT2D eigenvalue weighted by Crippen LogP contribution is -2.22. The van der Waals surface area contributed by atoms with Crippen molar-refractivity contribution in [3.8, 4) is 46.3 Å². The highest BCUT2D eigenvalue weighted by molar-refractivity contribution is 5.60. The number of amides is 2. The Bertz CT molecular complexity index is 2500. The van der Waals surface area contributed by atoms with Gasteiger partial charge in [-0.1, -0.05) is 40.9 Å². The zero-order chi connectivity index (χ0) is 44.5. The Hall–Kier alpha value is -6.78. The number of hydrogen-bond donors (Lipinski definition) is 3. The highest BCUT2D eigenvalue weighted by Gasteiger charge is 2.55. The summed E-state index contributed by atoms with van der Waals surface area (Å²) in [5, 5.41) is 28.4. The molecule has 328 valence electrons. The number of carbonyl (C=O) groups excluding carboxylic acids is 2. The van der Waals surface area contributed by atoms with Crippen LogP contribution < -0.4 is 5.73 Å². The minimum atomic E-state index is -0.710. The van der Waals surface area contributed by atoms with Crippen molar-refractivity contribution in [3.05, 3.63) is 120 Å². The molecule has 10 atom stereocenters. The average Bonchev–Trinajstić information content (AvgIpc) is 3.98. The Kier molecular flexibility index (Phi) is 12.0. The van der Waals surface area contributed by atoms with Gasteiger partial charge >= 0.3 is 0 Å². The molecule has 4 fully saturated rings. The molecule has 2 saturated carbocycles. The summed E-state index contributed by atoms with van der Waals surface area (Å²) in [7, 11) is 0. The van der Waals surface area contributed by atoms with Crippen LogP contribution in [0.3, 0.4) is 0 Å². The molecule has 4 N–H and O–H groups in total. The minimum absolute atomic E-state index is 0.0575. The third kappa shape index (κ3) is 8.62. The fourth-order valence-corrected chi connectivity index (χ4v) is 9.40. The largest absolute Gasteiger partial charge is 0.385 e. The number of likely N-dealkylation sites (tertiary alicyclic amines) is 2. The molecule has 0 spiro atoms. The lowest BCUT2D eigenvalue weighted by atomic mass is 10.1. The molecule has 6 heterocycles. The first-order valence-electron chi connectivity index (χ1n) is 21.8. The number of aliphatic hydroxyl groups excluding tert-OH is 2. The van der Waals surface area contributed by atoms with E-state index in [2.05, 4.69) is 50.9 Å². The molecule has 2 aliphatic heterocycles.